The Morgan fingerprint density at radius 1 is 1.21 bits per heavy atom. The van der Waals surface area contributed by atoms with Crippen molar-refractivity contribution in [3.63, 3.8) is 0 Å². The van der Waals surface area contributed by atoms with E-state index in [2.05, 4.69) is 17.1 Å². The number of nitrogens with zero attached hydrogens (tertiary/aromatic N) is 2. The third-order valence-corrected chi connectivity index (χ3v) is 3.55. The third-order valence-electron chi connectivity index (χ3n) is 3.55. The molecule has 0 amide bonds. The lowest BCUT2D eigenvalue weighted by Gasteiger charge is -2.30. The Hall–Kier alpha value is -1.94. The van der Waals surface area contributed by atoms with Crippen molar-refractivity contribution in [1.82, 2.24) is 4.98 Å². The molecule has 1 aromatic heterocycles. The average Bonchev–Trinajstić information content (AvgIpc) is 2.47. The molecule has 0 spiro atoms. The van der Waals surface area contributed by atoms with Crippen molar-refractivity contribution in [2.45, 2.75) is 19.6 Å². The van der Waals surface area contributed by atoms with Gasteiger partial charge in [0, 0.05) is 24.8 Å². The van der Waals surface area contributed by atoms with E-state index in [1.165, 1.54) is 17.2 Å². The molecule has 1 aliphatic rings. The maximum Gasteiger partial charge on any atom is 0.171 e. The third kappa shape index (κ3) is 2.19. The molecule has 0 atom stereocenters. The summed E-state index contributed by atoms with van der Waals surface area (Å²) in [5.41, 5.74) is 2.82. The van der Waals surface area contributed by atoms with Gasteiger partial charge in [0.25, 0.3) is 0 Å². The number of aliphatic hydroxyl groups is 1. The number of halogens is 1. The Morgan fingerprint density at radius 2 is 2.00 bits per heavy atom. The Kier molecular flexibility index (Phi) is 3.17. The van der Waals surface area contributed by atoms with E-state index in [1.807, 2.05) is 17.0 Å². The zero-order chi connectivity index (χ0) is 13.2. The van der Waals surface area contributed by atoms with Crippen LogP contribution in [0.5, 0.6) is 0 Å². The first-order chi connectivity index (χ1) is 9.29. The Bertz CT molecular complexity index is 600. The van der Waals surface area contributed by atoms with Crippen LogP contribution in [0.15, 0.2) is 36.5 Å². The molecule has 0 bridgehead atoms. The molecule has 1 aromatic carbocycles. The minimum Gasteiger partial charge on any atom is -0.392 e. The second-order valence-electron chi connectivity index (χ2n) is 4.71. The summed E-state index contributed by atoms with van der Waals surface area (Å²) >= 11 is 0. The molecular weight excluding hydrogens is 243 g/mol. The predicted octanol–water partition coefficient (Wildman–Crippen LogP) is 2.28. The summed E-state index contributed by atoms with van der Waals surface area (Å²) in [6.45, 7) is 1.11. The van der Waals surface area contributed by atoms with Crippen molar-refractivity contribution in [3.05, 3.63) is 59.0 Å². The van der Waals surface area contributed by atoms with E-state index in [0.717, 1.165) is 13.0 Å². The SMILES string of the molecule is OCc1ccnc(N2CCc3ccccc3C2)c1F. The van der Waals surface area contributed by atoms with Crippen molar-refractivity contribution < 1.29 is 9.50 Å². The molecule has 3 rings (SSSR count). The predicted molar refractivity (Wildman–Crippen MR) is 71.3 cm³/mol. The maximum atomic E-state index is 14.2. The van der Waals surface area contributed by atoms with Crippen LogP contribution in [0.4, 0.5) is 10.2 Å². The van der Waals surface area contributed by atoms with E-state index in [0.29, 0.717) is 17.9 Å². The molecule has 19 heavy (non-hydrogen) atoms. The summed E-state index contributed by atoms with van der Waals surface area (Å²) < 4.78 is 14.2. The fourth-order valence-electron chi connectivity index (χ4n) is 2.49. The van der Waals surface area contributed by atoms with Gasteiger partial charge in [-0.25, -0.2) is 9.37 Å². The lowest BCUT2D eigenvalue weighted by molar-refractivity contribution is 0.275. The Morgan fingerprint density at radius 3 is 2.79 bits per heavy atom. The molecule has 2 aromatic rings. The first-order valence-corrected chi connectivity index (χ1v) is 6.35. The van der Waals surface area contributed by atoms with Gasteiger partial charge in [-0.1, -0.05) is 24.3 Å². The molecule has 2 heterocycles. The largest absolute Gasteiger partial charge is 0.392 e. The molecule has 0 unspecified atom stereocenters. The van der Waals surface area contributed by atoms with Crippen molar-refractivity contribution in [2.24, 2.45) is 0 Å². The number of rotatable bonds is 2. The molecule has 0 aliphatic carbocycles. The summed E-state index contributed by atoms with van der Waals surface area (Å²) in [5, 5.41) is 9.11. The van der Waals surface area contributed by atoms with E-state index < -0.39 is 5.82 Å². The van der Waals surface area contributed by atoms with Crippen LogP contribution in [-0.2, 0) is 19.6 Å². The van der Waals surface area contributed by atoms with Crippen molar-refractivity contribution in [1.29, 1.82) is 0 Å². The first-order valence-electron chi connectivity index (χ1n) is 6.35. The number of pyridine rings is 1. The van der Waals surface area contributed by atoms with Gasteiger partial charge < -0.3 is 10.0 Å². The molecule has 98 valence electrons. The quantitative estimate of drug-likeness (QED) is 0.897. The molecular formula is C15H15FN2O. The number of fused-ring (bicyclic) bond motifs is 1. The average molecular weight is 258 g/mol. The lowest BCUT2D eigenvalue weighted by atomic mass is 10.00. The summed E-state index contributed by atoms with van der Waals surface area (Å²) in [6.07, 6.45) is 2.44. The fraction of sp³-hybridized carbons (Fsp3) is 0.267. The highest BCUT2D eigenvalue weighted by atomic mass is 19.1. The molecule has 1 aliphatic heterocycles. The summed E-state index contributed by atoms with van der Waals surface area (Å²) in [6, 6.07) is 9.71. The van der Waals surface area contributed by atoms with Gasteiger partial charge in [0.2, 0.25) is 0 Å². The first kappa shape index (κ1) is 12.1. The highest BCUT2D eigenvalue weighted by Gasteiger charge is 2.20. The summed E-state index contributed by atoms with van der Waals surface area (Å²) in [7, 11) is 0. The van der Waals surface area contributed by atoms with Crippen LogP contribution in [-0.4, -0.2) is 16.6 Å². The van der Waals surface area contributed by atoms with Gasteiger partial charge in [-0.05, 0) is 23.6 Å². The minimum absolute atomic E-state index is 0.295. The van der Waals surface area contributed by atoms with Gasteiger partial charge in [0.05, 0.1) is 6.61 Å². The van der Waals surface area contributed by atoms with Crippen LogP contribution in [0.1, 0.15) is 16.7 Å². The number of hydrogen-bond donors (Lipinski definition) is 1. The van der Waals surface area contributed by atoms with Gasteiger partial charge >= 0.3 is 0 Å². The van der Waals surface area contributed by atoms with Gasteiger partial charge in [-0.15, -0.1) is 0 Å². The van der Waals surface area contributed by atoms with E-state index in [9.17, 15) is 4.39 Å². The molecule has 0 saturated carbocycles. The van der Waals surface area contributed by atoms with Crippen molar-refractivity contribution in [3.8, 4) is 0 Å². The highest BCUT2D eigenvalue weighted by molar-refractivity contribution is 5.46. The lowest BCUT2D eigenvalue weighted by Crippen LogP contribution is -2.31. The number of hydrogen-bond acceptors (Lipinski definition) is 3. The Balaban J connectivity index is 1.93. The molecule has 0 saturated heterocycles. The van der Waals surface area contributed by atoms with Gasteiger partial charge in [0.1, 0.15) is 0 Å². The summed E-state index contributed by atoms with van der Waals surface area (Å²) in [4.78, 5) is 6.05. The molecule has 0 fully saturated rings. The number of aliphatic hydroxyl groups excluding tert-OH is 1. The second kappa shape index (κ2) is 4.97. The second-order valence-corrected chi connectivity index (χ2v) is 4.71. The van der Waals surface area contributed by atoms with E-state index >= 15 is 0 Å². The number of anilines is 1. The minimum atomic E-state index is -0.413. The van der Waals surface area contributed by atoms with Crippen LogP contribution < -0.4 is 4.90 Å². The van der Waals surface area contributed by atoms with Gasteiger partial charge in [0.15, 0.2) is 11.6 Å². The van der Waals surface area contributed by atoms with E-state index in [1.54, 1.807) is 6.20 Å². The number of aromatic nitrogens is 1. The fourth-order valence-corrected chi connectivity index (χ4v) is 2.49. The zero-order valence-electron chi connectivity index (χ0n) is 10.5. The molecule has 4 heteroatoms. The Labute approximate surface area is 111 Å². The van der Waals surface area contributed by atoms with Crippen LogP contribution in [0, 0.1) is 5.82 Å². The normalized spacial score (nSPS) is 14.3. The zero-order valence-corrected chi connectivity index (χ0v) is 10.5. The van der Waals surface area contributed by atoms with Gasteiger partial charge in [-0.2, -0.15) is 0 Å². The standard InChI is InChI=1S/C15H15FN2O/c16-14-13(10-19)5-7-17-15(14)18-8-6-11-3-1-2-4-12(11)9-18/h1-5,7,19H,6,8-10H2. The topological polar surface area (TPSA) is 36.4 Å². The van der Waals surface area contributed by atoms with E-state index in [4.69, 9.17) is 5.11 Å². The summed E-state index contributed by atoms with van der Waals surface area (Å²) in [5.74, 6) is -0.0783. The van der Waals surface area contributed by atoms with Gasteiger partial charge in [-0.3, -0.25) is 0 Å². The van der Waals surface area contributed by atoms with Crippen LogP contribution in [0.2, 0.25) is 0 Å². The molecule has 3 nitrogen and oxygen atoms in total. The monoisotopic (exact) mass is 258 g/mol. The highest BCUT2D eigenvalue weighted by Crippen LogP contribution is 2.26. The maximum absolute atomic E-state index is 14.2. The molecule has 0 radical (unpaired) electrons. The van der Waals surface area contributed by atoms with E-state index in [-0.39, 0.29) is 6.61 Å². The van der Waals surface area contributed by atoms with Crippen LogP contribution in [0.3, 0.4) is 0 Å². The smallest absolute Gasteiger partial charge is 0.171 e. The van der Waals surface area contributed by atoms with Crippen LogP contribution in [0.25, 0.3) is 0 Å². The molecule has 1 N–H and O–H groups in total. The number of benzene rings is 1. The van der Waals surface area contributed by atoms with Crippen molar-refractivity contribution >= 4 is 5.82 Å². The van der Waals surface area contributed by atoms with Crippen LogP contribution >= 0.6 is 0 Å². The van der Waals surface area contributed by atoms with Crippen molar-refractivity contribution in [2.75, 3.05) is 11.4 Å².